The third-order valence-electron chi connectivity index (χ3n) is 3.84. The zero-order valence-electron chi connectivity index (χ0n) is 14.1. The minimum Gasteiger partial charge on any atom is -0.350 e. The lowest BCUT2D eigenvalue weighted by molar-refractivity contribution is 0.0951. The third kappa shape index (κ3) is 3.71. The fourth-order valence-electron chi connectivity index (χ4n) is 2.71. The van der Waals surface area contributed by atoms with E-state index in [1.807, 2.05) is 25.1 Å². The number of aryl methyl sites for hydroxylation is 1. The van der Waals surface area contributed by atoms with E-state index in [1.165, 1.54) is 9.96 Å². The van der Waals surface area contributed by atoms with Gasteiger partial charge >= 0.3 is 0 Å². The Hall–Kier alpha value is -2.67. The van der Waals surface area contributed by atoms with E-state index in [1.54, 1.807) is 24.4 Å². The molecule has 25 heavy (non-hydrogen) atoms. The zero-order chi connectivity index (χ0) is 18.0. The summed E-state index contributed by atoms with van der Waals surface area (Å²) in [6, 6.07) is 13.2. The van der Waals surface area contributed by atoms with Gasteiger partial charge in [-0.15, -0.1) is 0 Å². The van der Waals surface area contributed by atoms with Crippen molar-refractivity contribution < 1.29 is 13.2 Å². The number of benzene rings is 1. The number of rotatable bonds is 5. The molecule has 1 aromatic carbocycles. The molecular formula is C18H19N3O3S. The number of carbonyl (C=O) groups excluding carboxylic acids is 1. The van der Waals surface area contributed by atoms with Gasteiger partial charge in [0.05, 0.1) is 5.52 Å². The molecule has 0 radical (unpaired) electrons. The number of hydrogen-bond acceptors (Lipinski definition) is 4. The molecule has 0 aliphatic heterocycles. The summed E-state index contributed by atoms with van der Waals surface area (Å²) >= 11 is 0. The van der Waals surface area contributed by atoms with E-state index in [4.69, 9.17) is 0 Å². The Morgan fingerprint density at radius 1 is 1.20 bits per heavy atom. The quantitative estimate of drug-likeness (QED) is 0.757. The Morgan fingerprint density at radius 2 is 2.00 bits per heavy atom. The third-order valence-corrected chi connectivity index (χ3v) is 4.80. The molecule has 0 aliphatic rings. The van der Waals surface area contributed by atoms with E-state index in [-0.39, 0.29) is 16.8 Å². The lowest BCUT2D eigenvalue weighted by atomic mass is 10.1. The molecule has 2 aromatic heterocycles. The molecule has 2 heterocycles. The van der Waals surface area contributed by atoms with Gasteiger partial charge in [-0.25, -0.2) is 13.4 Å². The van der Waals surface area contributed by atoms with Gasteiger partial charge in [0.2, 0.25) is 15.0 Å². The fraction of sp³-hybridized carbons (Fsp3) is 0.222. The number of nitrogens with one attached hydrogen (secondary N) is 1. The van der Waals surface area contributed by atoms with Gasteiger partial charge in [0, 0.05) is 19.0 Å². The van der Waals surface area contributed by atoms with E-state index in [0.717, 1.165) is 11.8 Å². The Balaban J connectivity index is 1.81. The number of amides is 1. The molecule has 3 aromatic rings. The second-order valence-corrected chi connectivity index (χ2v) is 7.88. The summed E-state index contributed by atoms with van der Waals surface area (Å²) in [5, 5.41) is 2.68. The molecule has 1 amide bonds. The minimum absolute atomic E-state index is 0.116. The highest BCUT2D eigenvalue weighted by Gasteiger charge is 2.22. The standard InChI is InChI=1S/C18H19N3O3S/c1-13-6-5-7-14(12-13)9-10-19-17(22)16-15-8-3-4-11-21(15)18(20-16)25(2,23)24/h3-8,11-12H,9-10H2,1-2H3,(H,19,22). The van der Waals surface area contributed by atoms with Crippen LogP contribution in [-0.2, 0) is 16.3 Å². The lowest BCUT2D eigenvalue weighted by Gasteiger charge is -2.05. The van der Waals surface area contributed by atoms with Gasteiger partial charge in [-0.1, -0.05) is 35.9 Å². The highest BCUT2D eigenvalue weighted by Crippen LogP contribution is 2.16. The Bertz CT molecular complexity index is 1040. The molecule has 0 bridgehead atoms. The van der Waals surface area contributed by atoms with E-state index in [0.29, 0.717) is 18.5 Å². The van der Waals surface area contributed by atoms with Gasteiger partial charge in [-0.05, 0) is 31.0 Å². The predicted molar refractivity (Wildman–Crippen MR) is 95.5 cm³/mol. The van der Waals surface area contributed by atoms with Crippen molar-refractivity contribution in [2.24, 2.45) is 0 Å². The highest BCUT2D eigenvalue weighted by molar-refractivity contribution is 7.90. The minimum atomic E-state index is -3.54. The summed E-state index contributed by atoms with van der Waals surface area (Å²) in [5.74, 6) is -0.383. The Kier molecular flexibility index (Phi) is 4.59. The first-order valence-corrected chi connectivity index (χ1v) is 9.76. The summed E-state index contributed by atoms with van der Waals surface area (Å²) in [4.78, 5) is 16.5. The van der Waals surface area contributed by atoms with Crippen LogP contribution in [0.4, 0.5) is 0 Å². The van der Waals surface area contributed by atoms with Crippen LogP contribution in [0.15, 0.2) is 53.8 Å². The van der Waals surface area contributed by atoms with E-state index >= 15 is 0 Å². The average molecular weight is 357 g/mol. The summed E-state index contributed by atoms with van der Waals surface area (Å²) in [7, 11) is -3.54. The van der Waals surface area contributed by atoms with Crippen molar-refractivity contribution in [2.45, 2.75) is 18.5 Å². The second kappa shape index (κ2) is 6.68. The van der Waals surface area contributed by atoms with Gasteiger partial charge in [-0.3, -0.25) is 9.20 Å². The smallest absolute Gasteiger partial charge is 0.272 e. The van der Waals surface area contributed by atoms with Crippen molar-refractivity contribution in [3.05, 3.63) is 65.5 Å². The van der Waals surface area contributed by atoms with Crippen molar-refractivity contribution >= 4 is 21.3 Å². The number of nitrogens with zero attached hydrogens (tertiary/aromatic N) is 2. The summed E-state index contributed by atoms with van der Waals surface area (Å²) in [5.41, 5.74) is 2.88. The fourth-order valence-corrected chi connectivity index (χ4v) is 3.48. The first-order valence-electron chi connectivity index (χ1n) is 7.87. The molecule has 3 rings (SSSR count). The summed E-state index contributed by atoms with van der Waals surface area (Å²) in [6.07, 6.45) is 3.36. The summed E-state index contributed by atoms with van der Waals surface area (Å²) in [6.45, 7) is 2.47. The highest BCUT2D eigenvalue weighted by atomic mass is 32.2. The van der Waals surface area contributed by atoms with Crippen molar-refractivity contribution in [2.75, 3.05) is 12.8 Å². The maximum Gasteiger partial charge on any atom is 0.272 e. The molecule has 0 spiro atoms. The van der Waals surface area contributed by atoms with Crippen molar-refractivity contribution in [1.29, 1.82) is 0 Å². The van der Waals surface area contributed by atoms with E-state index < -0.39 is 9.84 Å². The van der Waals surface area contributed by atoms with Crippen LogP contribution < -0.4 is 5.32 Å². The molecule has 7 heteroatoms. The van der Waals surface area contributed by atoms with Crippen molar-refractivity contribution in [1.82, 2.24) is 14.7 Å². The monoisotopic (exact) mass is 357 g/mol. The van der Waals surface area contributed by atoms with E-state index in [9.17, 15) is 13.2 Å². The van der Waals surface area contributed by atoms with Crippen LogP contribution >= 0.6 is 0 Å². The van der Waals surface area contributed by atoms with Crippen LogP contribution in [0.5, 0.6) is 0 Å². The topological polar surface area (TPSA) is 80.5 Å². The van der Waals surface area contributed by atoms with Crippen LogP contribution in [0.3, 0.4) is 0 Å². The largest absolute Gasteiger partial charge is 0.350 e. The van der Waals surface area contributed by atoms with Crippen LogP contribution in [0, 0.1) is 6.92 Å². The summed E-state index contributed by atoms with van der Waals surface area (Å²) < 4.78 is 25.2. The first-order chi connectivity index (χ1) is 11.9. The molecule has 0 saturated heterocycles. The molecule has 0 fully saturated rings. The van der Waals surface area contributed by atoms with Gasteiger partial charge in [0.1, 0.15) is 0 Å². The second-order valence-electron chi connectivity index (χ2n) is 5.97. The van der Waals surface area contributed by atoms with Crippen LogP contribution in [0.2, 0.25) is 0 Å². The number of sulfone groups is 1. The Labute approximate surface area is 146 Å². The molecule has 0 aliphatic carbocycles. The molecule has 0 unspecified atom stereocenters. The molecule has 0 atom stereocenters. The molecule has 6 nitrogen and oxygen atoms in total. The number of aromatic nitrogens is 2. The van der Waals surface area contributed by atoms with Gasteiger partial charge in [0.25, 0.3) is 5.91 Å². The number of pyridine rings is 1. The van der Waals surface area contributed by atoms with Gasteiger partial charge in [0.15, 0.2) is 5.69 Å². The molecular weight excluding hydrogens is 338 g/mol. The van der Waals surface area contributed by atoms with Crippen molar-refractivity contribution in [3.8, 4) is 0 Å². The average Bonchev–Trinajstić information content (AvgIpc) is 2.95. The maximum atomic E-state index is 12.5. The van der Waals surface area contributed by atoms with Gasteiger partial charge < -0.3 is 5.32 Å². The normalized spacial score (nSPS) is 11.6. The molecule has 130 valence electrons. The number of hydrogen-bond donors (Lipinski definition) is 1. The predicted octanol–water partition coefficient (Wildman–Crippen LogP) is 2.02. The number of imidazole rings is 1. The van der Waals surface area contributed by atoms with Crippen LogP contribution in [0.25, 0.3) is 5.52 Å². The van der Waals surface area contributed by atoms with Crippen LogP contribution in [0.1, 0.15) is 21.6 Å². The molecule has 0 saturated carbocycles. The molecule has 1 N–H and O–H groups in total. The lowest BCUT2D eigenvalue weighted by Crippen LogP contribution is -2.26. The number of fused-ring (bicyclic) bond motifs is 1. The first kappa shape index (κ1) is 17.2. The van der Waals surface area contributed by atoms with Crippen LogP contribution in [-0.4, -0.2) is 36.5 Å². The maximum absolute atomic E-state index is 12.5. The SMILES string of the molecule is Cc1cccc(CCNC(=O)c2nc(S(C)(=O)=O)n3ccccc23)c1. The Morgan fingerprint density at radius 3 is 2.72 bits per heavy atom. The van der Waals surface area contributed by atoms with Gasteiger partial charge in [-0.2, -0.15) is 0 Å². The number of carbonyl (C=O) groups is 1. The van der Waals surface area contributed by atoms with Crippen molar-refractivity contribution in [3.63, 3.8) is 0 Å². The van der Waals surface area contributed by atoms with E-state index in [2.05, 4.69) is 16.4 Å². The zero-order valence-corrected chi connectivity index (χ0v) is 14.9.